The number of aliphatic hydroxyl groups is 1. The second-order valence-electron chi connectivity index (χ2n) is 5.14. The molecule has 0 aliphatic heterocycles. The molecule has 5 atom stereocenters. The molecule has 0 amide bonds. The fourth-order valence-corrected chi connectivity index (χ4v) is 4.27. The van der Waals surface area contributed by atoms with Crippen LogP contribution in [0.4, 0.5) is 0 Å². The van der Waals surface area contributed by atoms with Crippen LogP contribution in [0.25, 0.3) is 0 Å². The average Bonchev–Trinajstić information content (AvgIpc) is 2.59. The van der Waals surface area contributed by atoms with Gasteiger partial charge in [-0.3, -0.25) is 0 Å². The van der Waals surface area contributed by atoms with Crippen molar-refractivity contribution in [1.82, 2.24) is 0 Å². The van der Waals surface area contributed by atoms with E-state index in [0.717, 1.165) is 36.5 Å². The van der Waals surface area contributed by atoms with E-state index < -0.39 is 0 Å². The molecule has 0 aromatic rings. The van der Waals surface area contributed by atoms with Gasteiger partial charge in [-0.05, 0) is 62.2 Å². The highest BCUT2D eigenvalue weighted by molar-refractivity contribution is 4.98. The van der Waals surface area contributed by atoms with Crippen molar-refractivity contribution in [3.05, 3.63) is 0 Å². The normalized spacial score (nSPS) is 57.2. The molecule has 0 heterocycles. The van der Waals surface area contributed by atoms with Gasteiger partial charge in [-0.15, -0.1) is 0 Å². The van der Waals surface area contributed by atoms with E-state index in [1.54, 1.807) is 0 Å². The molecule has 1 nitrogen and oxygen atoms in total. The Kier molecular flexibility index (Phi) is 1.52. The minimum Gasteiger partial charge on any atom is -0.393 e. The summed E-state index contributed by atoms with van der Waals surface area (Å²) in [6.07, 6.45) is 8.08. The van der Waals surface area contributed by atoms with Crippen LogP contribution in [0, 0.1) is 23.7 Å². The predicted octanol–water partition coefficient (Wildman–Crippen LogP) is 2.19. The van der Waals surface area contributed by atoms with Gasteiger partial charge >= 0.3 is 0 Å². The van der Waals surface area contributed by atoms with Crippen LogP contribution >= 0.6 is 0 Å². The largest absolute Gasteiger partial charge is 0.393 e. The minimum absolute atomic E-state index is 0.0492. The van der Waals surface area contributed by atoms with Gasteiger partial charge in [0.2, 0.25) is 0 Å². The molecular formula is C11H18O. The fourth-order valence-electron chi connectivity index (χ4n) is 4.27. The lowest BCUT2D eigenvalue weighted by Crippen LogP contribution is -2.31. The Balaban J connectivity index is 1.86. The molecule has 0 radical (unpaired) electrons. The number of hydrogen-bond acceptors (Lipinski definition) is 1. The van der Waals surface area contributed by atoms with Crippen molar-refractivity contribution in [3.63, 3.8) is 0 Å². The third-order valence-corrected chi connectivity index (χ3v) is 4.60. The fraction of sp³-hybridized carbons (Fsp3) is 1.00. The molecule has 12 heavy (non-hydrogen) atoms. The van der Waals surface area contributed by atoms with E-state index in [-0.39, 0.29) is 6.10 Å². The zero-order valence-corrected chi connectivity index (χ0v) is 7.58. The number of hydrogen-bond donors (Lipinski definition) is 1. The molecule has 3 fully saturated rings. The summed E-state index contributed by atoms with van der Waals surface area (Å²) >= 11 is 0. The third kappa shape index (κ3) is 0.891. The van der Waals surface area contributed by atoms with Crippen LogP contribution in [-0.4, -0.2) is 11.2 Å². The first-order chi connectivity index (χ1) is 5.84. The Bertz CT molecular complexity index is 171. The van der Waals surface area contributed by atoms with Gasteiger partial charge in [0.15, 0.2) is 0 Å². The highest BCUT2D eigenvalue weighted by Crippen LogP contribution is 2.56. The second kappa shape index (κ2) is 2.47. The minimum atomic E-state index is 0.0492. The summed E-state index contributed by atoms with van der Waals surface area (Å²) in [4.78, 5) is 0. The van der Waals surface area contributed by atoms with Crippen molar-refractivity contribution in [2.24, 2.45) is 23.7 Å². The van der Waals surface area contributed by atoms with E-state index in [0.29, 0.717) is 0 Å². The maximum absolute atomic E-state index is 9.68. The van der Waals surface area contributed by atoms with Crippen molar-refractivity contribution in [2.45, 2.75) is 44.6 Å². The standard InChI is InChI=1S/C11H18O/c12-10-5-8-3-1-7-2-4-9(6-10)11(7)8/h7-12H,1-6H2/t7?,8-,9+,10?,11?. The monoisotopic (exact) mass is 166 g/mol. The summed E-state index contributed by atoms with van der Waals surface area (Å²) in [6.45, 7) is 0. The summed E-state index contributed by atoms with van der Waals surface area (Å²) in [5, 5.41) is 9.68. The van der Waals surface area contributed by atoms with E-state index in [1.807, 2.05) is 0 Å². The van der Waals surface area contributed by atoms with Crippen molar-refractivity contribution >= 4 is 0 Å². The molecule has 3 rings (SSSR count). The first-order valence-electron chi connectivity index (χ1n) is 5.52. The lowest BCUT2D eigenvalue weighted by atomic mass is 9.73. The van der Waals surface area contributed by atoms with Crippen LogP contribution in [0.5, 0.6) is 0 Å². The van der Waals surface area contributed by atoms with E-state index >= 15 is 0 Å². The zero-order chi connectivity index (χ0) is 8.13. The third-order valence-electron chi connectivity index (χ3n) is 4.60. The molecule has 1 heteroatoms. The average molecular weight is 166 g/mol. The van der Waals surface area contributed by atoms with Gasteiger partial charge in [0.25, 0.3) is 0 Å². The Morgan fingerprint density at radius 1 is 0.750 bits per heavy atom. The van der Waals surface area contributed by atoms with E-state index in [9.17, 15) is 5.11 Å². The summed E-state index contributed by atoms with van der Waals surface area (Å²) in [5.74, 6) is 3.92. The Morgan fingerprint density at radius 2 is 1.25 bits per heavy atom. The van der Waals surface area contributed by atoms with Gasteiger partial charge in [0.1, 0.15) is 0 Å². The Hall–Kier alpha value is -0.0400. The Morgan fingerprint density at radius 3 is 1.83 bits per heavy atom. The van der Waals surface area contributed by atoms with Crippen molar-refractivity contribution in [2.75, 3.05) is 0 Å². The van der Waals surface area contributed by atoms with Crippen LogP contribution in [-0.2, 0) is 0 Å². The SMILES string of the molecule is OC1C[C@H]2CCC3CC[C@@H](C1)C32. The van der Waals surface area contributed by atoms with Crippen molar-refractivity contribution in [1.29, 1.82) is 0 Å². The molecule has 3 aliphatic rings. The van der Waals surface area contributed by atoms with Crippen LogP contribution in [0.1, 0.15) is 38.5 Å². The lowest BCUT2D eigenvalue weighted by Gasteiger charge is -2.34. The van der Waals surface area contributed by atoms with E-state index in [1.165, 1.54) is 25.7 Å². The lowest BCUT2D eigenvalue weighted by molar-refractivity contribution is 0.0454. The van der Waals surface area contributed by atoms with Crippen LogP contribution in [0.15, 0.2) is 0 Å². The molecule has 0 aromatic carbocycles. The number of rotatable bonds is 0. The summed E-state index contributed by atoms with van der Waals surface area (Å²) < 4.78 is 0. The maximum atomic E-state index is 9.68. The van der Waals surface area contributed by atoms with Gasteiger partial charge in [0.05, 0.1) is 6.10 Å². The van der Waals surface area contributed by atoms with Crippen LogP contribution in [0.3, 0.4) is 0 Å². The molecule has 0 bridgehead atoms. The zero-order valence-electron chi connectivity index (χ0n) is 7.58. The van der Waals surface area contributed by atoms with Gasteiger partial charge in [0, 0.05) is 0 Å². The van der Waals surface area contributed by atoms with Gasteiger partial charge in [-0.1, -0.05) is 0 Å². The van der Waals surface area contributed by atoms with Gasteiger partial charge in [-0.2, -0.15) is 0 Å². The van der Waals surface area contributed by atoms with Crippen molar-refractivity contribution < 1.29 is 5.11 Å². The Labute approximate surface area is 74.2 Å². The maximum Gasteiger partial charge on any atom is 0.0545 e. The second-order valence-corrected chi connectivity index (χ2v) is 5.14. The van der Waals surface area contributed by atoms with Gasteiger partial charge < -0.3 is 5.11 Å². The molecular weight excluding hydrogens is 148 g/mol. The highest BCUT2D eigenvalue weighted by Gasteiger charge is 2.48. The van der Waals surface area contributed by atoms with E-state index in [4.69, 9.17) is 0 Å². The quantitative estimate of drug-likeness (QED) is 0.585. The molecule has 0 saturated heterocycles. The van der Waals surface area contributed by atoms with Gasteiger partial charge in [-0.25, -0.2) is 0 Å². The highest BCUT2D eigenvalue weighted by atomic mass is 16.3. The summed E-state index contributed by atoms with van der Waals surface area (Å²) in [5.41, 5.74) is 0. The predicted molar refractivity (Wildman–Crippen MR) is 47.7 cm³/mol. The molecule has 68 valence electrons. The molecule has 1 N–H and O–H groups in total. The van der Waals surface area contributed by atoms with Crippen LogP contribution in [0.2, 0.25) is 0 Å². The van der Waals surface area contributed by atoms with E-state index in [2.05, 4.69) is 0 Å². The van der Waals surface area contributed by atoms with Crippen LogP contribution < -0.4 is 0 Å². The summed E-state index contributed by atoms with van der Waals surface area (Å²) in [6, 6.07) is 0. The molecule has 3 unspecified atom stereocenters. The molecule has 3 aliphatic carbocycles. The molecule has 0 spiro atoms. The number of aliphatic hydroxyl groups excluding tert-OH is 1. The first-order valence-corrected chi connectivity index (χ1v) is 5.52. The topological polar surface area (TPSA) is 20.2 Å². The molecule has 0 aromatic heterocycles. The summed E-state index contributed by atoms with van der Waals surface area (Å²) in [7, 11) is 0. The van der Waals surface area contributed by atoms with Crippen molar-refractivity contribution in [3.8, 4) is 0 Å². The smallest absolute Gasteiger partial charge is 0.0545 e. The molecule has 3 saturated carbocycles. The first kappa shape index (κ1) is 7.37.